The number of aryl methyl sites for hydroxylation is 3. The molecule has 0 aliphatic carbocycles. The number of hydrogen-bond donors (Lipinski definition) is 4. The third-order valence-corrected chi connectivity index (χ3v) is 5.98. The fourth-order valence-electron chi connectivity index (χ4n) is 3.08. The molecule has 0 atom stereocenters. The number of aliphatic carboxylic acids is 1. The number of carboxylic acid groups (broad SMARTS) is 1. The van der Waals surface area contributed by atoms with Crippen LogP contribution < -0.4 is 16.2 Å². The van der Waals surface area contributed by atoms with Crippen molar-refractivity contribution in [2.75, 3.05) is 10.6 Å². The maximum Gasteiger partial charge on any atom is 0.323 e. The lowest BCUT2D eigenvalue weighted by atomic mass is 10.1. The number of hydrogen-bond acceptors (Lipinski definition) is 5. The van der Waals surface area contributed by atoms with Crippen LogP contribution in [0.1, 0.15) is 27.3 Å². The lowest BCUT2D eigenvalue weighted by molar-refractivity contribution is -0.136. The molecule has 31 heavy (non-hydrogen) atoms. The van der Waals surface area contributed by atoms with Gasteiger partial charge in [-0.25, -0.2) is 4.79 Å². The molecule has 0 radical (unpaired) electrons. The zero-order chi connectivity index (χ0) is 22.5. The molecule has 0 aliphatic rings. The molecular formula is C22H23N3O5S. The van der Waals surface area contributed by atoms with Crippen molar-refractivity contribution in [2.45, 2.75) is 26.2 Å². The maximum atomic E-state index is 12.5. The van der Waals surface area contributed by atoms with E-state index in [-0.39, 0.29) is 24.3 Å². The highest BCUT2D eigenvalue weighted by atomic mass is 32.1. The molecule has 0 unspecified atom stereocenters. The van der Waals surface area contributed by atoms with E-state index in [0.717, 1.165) is 20.9 Å². The Kier molecular flexibility index (Phi) is 6.76. The molecule has 0 bridgehead atoms. The third kappa shape index (κ3) is 5.52. The normalized spacial score (nSPS) is 10.6. The molecule has 0 saturated heterocycles. The fourth-order valence-corrected chi connectivity index (χ4v) is 4.23. The third-order valence-electron chi connectivity index (χ3n) is 4.78. The van der Waals surface area contributed by atoms with Crippen LogP contribution in [0.4, 0.5) is 16.2 Å². The summed E-state index contributed by atoms with van der Waals surface area (Å²) in [4.78, 5) is 37.4. The number of rotatable bonds is 7. The van der Waals surface area contributed by atoms with E-state index in [1.165, 1.54) is 35.2 Å². The van der Waals surface area contributed by atoms with Crippen molar-refractivity contribution in [2.24, 2.45) is 7.05 Å². The Morgan fingerprint density at radius 1 is 1.16 bits per heavy atom. The molecule has 3 aromatic rings. The van der Waals surface area contributed by atoms with Gasteiger partial charge in [-0.05, 0) is 36.6 Å². The van der Waals surface area contributed by atoms with Gasteiger partial charge in [0, 0.05) is 29.4 Å². The summed E-state index contributed by atoms with van der Waals surface area (Å²) in [6.45, 7) is 2.02. The average molecular weight is 442 g/mol. The van der Waals surface area contributed by atoms with Gasteiger partial charge in [-0.1, -0.05) is 24.3 Å². The molecule has 0 aliphatic heterocycles. The SMILES string of the molecule is Cc1ccccc1Cc1cc(NC(=O)Nc2c(O)ccn(C)c2=O)c(CCC(=O)O)s1. The predicted octanol–water partition coefficient (Wildman–Crippen LogP) is 3.71. The topological polar surface area (TPSA) is 121 Å². The van der Waals surface area contributed by atoms with Gasteiger partial charge in [-0.3, -0.25) is 14.9 Å². The van der Waals surface area contributed by atoms with Crippen LogP contribution in [0.2, 0.25) is 0 Å². The van der Waals surface area contributed by atoms with E-state index in [1.807, 2.05) is 37.3 Å². The minimum Gasteiger partial charge on any atom is -0.505 e. The average Bonchev–Trinajstić information content (AvgIpc) is 3.09. The van der Waals surface area contributed by atoms with Crippen molar-refractivity contribution >= 4 is 34.7 Å². The molecular weight excluding hydrogens is 418 g/mol. The number of pyridine rings is 1. The summed E-state index contributed by atoms with van der Waals surface area (Å²) in [5.41, 5.74) is 1.99. The van der Waals surface area contributed by atoms with Crippen LogP contribution in [0.3, 0.4) is 0 Å². The molecule has 9 heteroatoms. The Labute approximate surface area is 182 Å². The second-order valence-corrected chi connectivity index (χ2v) is 8.34. The zero-order valence-electron chi connectivity index (χ0n) is 17.1. The Morgan fingerprint density at radius 3 is 2.61 bits per heavy atom. The number of urea groups is 1. The number of aromatic nitrogens is 1. The van der Waals surface area contributed by atoms with Crippen LogP contribution in [-0.2, 0) is 24.7 Å². The van der Waals surface area contributed by atoms with Gasteiger partial charge in [-0.2, -0.15) is 0 Å². The van der Waals surface area contributed by atoms with Crippen LogP contribution in [-0.4, -0.2) is 26.8 Å². The summed E-state index contributed by atoms with van der Waals surface area (Å²) in [6.07, 6.45) is 2.24. The van der Waals surface area contributed by atoms with Crippen LogP contribution in [0, 0.1) is 6.92 Å². The maximum absolute atomic E-state index is 12.5. The number of benzene rings is 1. The number of carbonyl (C=O) groups excluding carboxylic acids is 1. The van der Waals surface area contributed by atoms with Gasteiger partial charge in [0.1, 0.15) is 5.75 Å². The largest absolute Gasteiger partial charge is 0.505 e. The standard InChI is InChI=1S/C22H23N3O5S/c1-13-5-3-4-6-14(13)11-15-12-16(18(31-15)7-8-19(27)28)23-22(30)24-20-17(26)9-10-25(2)21(20)29/h3-6,9-10,12,26H,7-8,11H2,1-2H3,(H,27,28)(H2,23,24,30). The van der Waals surface area contributed by atoms with E-state index >= 15 is 0 Å². The smallest absolute Gasteiger partial charge is 0.323 e. The first-order valence-corrected chi connectivity index (χ1v) is 10.4. The molecule has 0 fully saturated rings. The van der Waals surface area contributed by atoms with Gasteiger partial charge in [-0.15, -0.1) is 11.3 Å². The number of nitrogens with zero attached hydrogens (tertiary/aromatic N) is 1. The number of carboxylic acids is 1. The fraction of sp³-hybridized carbons (Fsp3) is 0.227. The van der Waals surface area contributed by atoms with Crippen LogP contribution in [0.25, 0.3) is 0 Å². The molecule has 1 aromatic carbocycles. The molecule has 0 spiro atoms. The van der Waals surface area contributed by atoms with Crippen molar-refractivity contribution in [1.82, 2.24) is 4.57 Å². The first-order chi connectivity index (χ1) is 14.7. The highest BCUT2D eigenvalue weighted by molar-refractivity contribution is 7.12. The first kappa shape index (κ1) is 22.1. The van der Waals surface area contributed by atoms with E-state index in [2.05, 4.69) is 10.6 Å². The quantitative estimate of drug-likeness (QED) is 0.445. The first-order valence-electron chi connectivity index (χ1n) is 9.59. The molecule has 2 amide bonds. The van der Waals surface area contributed by atoms with Crippen LogP contribution in [0.15, 0.2) is 47.4 Å². The number of aromatic hydroxyl groups is 1. The van der Waals surface area contributed by atoms with E-state index in [1.54, 1.807) is 0 Å². The second-order valence-electron chi connectivity index (χ2n) is 7.12. The van der Waals surface area contributed by atoms with Gasteiger partial charge in [0.25, 0.3) is 5.56 Å². The molecule has 3 rings (SSSR count). The highest BCUT2D eigenvalue weighted by Gasteiger charge is 2.16. The Morgan fingerprint density at radius 2 is 1.90 bits per heavy atom. The summed E-state index contributed by atoms with van der Waals surface area (Å²) in [5.74, 6) is -1.27. The molecule has 0 saturated carbocycles. The van der Waals surface area contributed by atoms with Gasteiger partial charge in [0.15, 0.2) is 5.69 Å². The van der Waals surface area contributed by atoms with E-state index in [9.17, 15) is 19.5 Å². The minimum atomic E-state index is -0.929. The number of nitrogens with one attached hydrogen (secondary N) is 2. The summed E-state index contributed by atoms with van der Waals surface area (Å²) >= 11 is 1.44. The van der Waals surface area contributed by atoms with Crippen molar-refractivity contribution < 1.29 is 19.8 Å². The summed E-state index contributed by atoms with van der Waals surface area (Å²) in [6, 6.07) is 10.4. The van der Waals surface area contributed by atoms with Crippen molar-refractivity contribution in [1.29, 1.82) is 0 Å². The van der Waals surface area contributed by atoms with E-state index in [4.69, 9.17) is 5.11 Å². The van der Waals surface area contributed by atoms with Gasteiger partial charge in [0.05, 0.1) is 12.1 Å². The molecule has 8 nitrogen and oxygen atoms in total. The van der Waals surface area contributed by atoms with Crippen molar-refractivity contribution in [3.05, 3.63) is 73.8 Å². The van der Waals surface area contributed by atoms with Crippen LogP contribution in [0.5, 0.6) is 5.75 Å². The predicted molar refractivity (Wildman–Crippen MR) is 120 cm³/mol. The number of thiophene rings is 1. The van der Waals surface area contributed by atoms with Crippen molar-refractivity contribution in [3.63, 3.8) is 0 Å². The van der Waals surface area contributed by atoms with Crippen molar-refractivity contribution in [3.8, 4) is 5.75 Å². The second kappa shape index (κ2) is 9.48. The summed E-state index contributed by atoms with van der Waals surface area (Å²) in [5, 5.41) is 24.0. The number of amides is 2. The molecule has 162 valence electrons. The van der Waals surface area contributed by atoms with Gasteiger partial charge < -0.3 is 20.1 Å². The Balaban J connectivity index is 1.83. The Hall–Kier alpha value is -3.59. The van der Waals surface area contributed by atoms with E-state index in [0.29, 0.717) is 12.1 Å². The minimum absolute atomic E-state index is 0.0688. The number of carbonyl (C=O) groups is 2. The lowest BCUT2D eigenvalue weighted by Gasteiger charge is -2.10. The molecule has 4 N–H and O–H groups in total. The molecule has 2 aromatic heterocycles. The number of anilines is 2. The van der Waals surface area contributed by atoms with Gasteiger partial charge >= 0.3 is 12.0 Å². The van der Waals surface area contributed by atoms with Crippen LogP contribution >= 0.6 is 11.3 Å². The highest BCUT2D eigenvalue weighted by Crippen LogP contribution is 2.31. The van der Waals surface area contributed by atoms with Gasteiger partial charge in [0.2, 0.25) is 0 Å². The summed E-state index contributed by atoms with van der Waals surface area (Å²) in [7, 11) is 1.51. The zero-order valence-corrected chi connectivity index (χ0v) is 18.0. The van der Waals surface area contributed by atoms with E-state index < -0.39 is 17.6 Å². The monoisotopic (exact) mass is 441 g/mol. The Bertz CT molecular complexity index is 1180. The molecule has 2 heterocycles. The summed E-state index contributed by atoms with van der Waals surface area (Å²) < 4.78 is 1.23. The lowest BCUT2D eigenvalue weighted by Crippen LogP contribution is -2.27.